The monoisotopic (exact) mass is 274 g/mol. The van der Waals surface area contributed by atoms with Gasteiger partial charge in [-0.2, -0.15) is 0 Å². The fraction of sp³-hybridized carbons (Fsp3) is 0.143. The van der Waals surface area contributed by atoms with Gasteiger partial charge in [0, 0.05) is 17.5 Å². The number of H-pyrrole nitrogens is 1. The van der Waals surface area contributed by atoms with Crippen molar-refractivity contribution in [3.05, 3.63) is 46.8 Å². The largest absolute Gasteiger partial charge is 0.508 e. The molecular weight excluding hydrogens is 260 g/mol. The van der Waals surface area contributed by atoms with Crippen molar-refractivity contribution in [2.45, 2.75) is 13.8 Å². The van der Waals surface area contributed by atoms with Gasteiger partial charge in [-0.15, -0.1) is 0 Å². The van der Waals surface area contributed by atoms with E-state index in [2.05, 4.69) is 10.3 Å². The molecule has 1 heterocycles. The first-order valence-electron chi connectivity index (χ1n) is 5.92. The molecule has 0 saturated heterocycles. The van der Waals surface area contributed by atoms with Gasteiger partial charge >= 0.3 is 5.97 Å². The van der Waals surface area contributed by atoms with E-state index in [1.165, 1.54) is 12.3 Å². The number of benzene rings is 1. The number of carbonyl (C=O) groups excluding carboxylic acids is 1. The highest BCUT2D eigenvalue weighted by Gasteiger charge is 2.18. The number of carboxylic acids is 1. The lowest BCUT2D eigenvalue weighted by Crippen LogP contribution is -2.14. The summed E-state index contributed by atoms with van der Waals surface area (Å²) in [5, 5.41) is 21.2. The van der Waals surface area contributed by atoms with Crippen LogP contribution in [0.5, 0.6) is 5.75 Å². The standard InChI is InChI=1S/C14H14N2O4/c1-7-3-4-9(5-11(7)17)13(18)16-10-6-15-8(2)12(10)14(19)20/h3-6,15,17H,1-2H3,(H,16,18)(H,19,20). The number of amides is 1. The van der Waals surface area contributed by atoms with Gasteiger partial charge in [0.05, 0.1) is 5.69 Å². The van der Waals surface area contributed by atoms with Crippen LogP contribution >= 0.6 is 0 Å². The minimum Gasteiger partial charge on any atom is -0.508 e. The van der Waals surface area contributed by atoms with E-state index in [9.17, 15) is 14.7 Å². The fourth-order valence-corrected chi connectivity index (χ4v) is 1.85. The van der Waals surface area contributed by atoms with Gasteiger partial charge in [0.15, 0.2) is 0 Å². The van der Waals surface area contributed by atoms with Crippen molar-refractivity contribution in [2.24, 2.45) is 0 Å². The van der Waals surface area contributed by atoms with Gasteiger partial charge in [0.2, 0.25) is 0 Å². The molecule has 0 aliphatic carbocycles. The molecule has 0 fully saturated rings. The Hall–Kier alpha value is -2.76. The predicted octanol–water partition coefficient (Wildman–Crippen LogP) is 2.29. The molecule has 1 aromatic carbocycles. The number of phenols is 1. The molecule has 0 aliphatic rings. The molecule has 4 N–H and O–H groups in total. The summed E-state index contributed by atoms with van der Waals surface area (Å²) in [6.07, 6.45) is 1.42. The molecule has 0 bridgehead atoms. The summed E-state index contributed by atoms with van der Waals surface area (Å²) < 4.78 is 0. The highest BCUT2D eigenvalue weighted by Crippen LogP contribution is 2.22. The molecule has 20 heavy (non-hydrogen) atoms. The van der Waals surface area contributed by atoms with Gasteiger partial charge in [-0.05, 0) is 31.5 Å². The lowest BCUT2D eigenvalue weighted by atomic mass is 10.1. The van der Waals surface area contributed by atoms with Crippen molar-refractivity contribution >= 4 is 17.6 Å². The second kappa shape index (κ2) is 5.08. The predicted molar refractivity (Wildman–Crippen MR) is 73.3 cm³/mol. The zero-order valence-electron chi connectivity index (χ0n) is 11.0. The minimum atomic E-state index is -1.12. The Labute approximate surface area is 115 Å². The number of phenolic OH excluding ortho intramolecular Hbond substituents is 1. The average molecular weight is 274 g/mol. The summed E-state index contributed by atoms with van der Waals surface area (Å²) in [7, 11) is 0. The topological polar surface area (TPSA) is 102 Å². The summed E-state index contributed by atoms with van der Waals surface area (Å²) in [5.41, 5.74) is 1.59. The molecule has 0 saturated carbocycles. The van der Waals surface area contributed by atoms with Crippen LogP contribution in [0.25, 0.3) is 0 Å². The Bertz CT molecular complexity index is 688. The lowest BCUT2D eigenvalue weighted by molar-refractivity contribution is 0.0697. The number of aromatic carboxylic acids is 1. The number of carboxylic acid groups (broad SMARTS) is 1. The third-order valence-electron chi connectivity index (χ3n) is 3.01. The summed E-state index contributed by atoms with van der Waals surface area (Å²) in [4.78, 5) is 25.9. The van der Waals surface area contributed by atoms with Crippen LogP contribution in [-0.4, -0.2) is 27.1 Å². The lowest BCUT2D eigenvalue weighted by Gasteiger charge is -2.06. The number of aromatic nitrogens is 1. The van der Waals surface area contributed by atoms with Crippen LogP contribution in [0.1, 0.15) is 32.0 Å². The Balaban J connectivity index is 2.28. The zero-order valence-corrected chi connectivity index (χ0v) is 11.0. The van der Waals surface area contributed by atoms with E-state index >= 15 is 0 Å². The van der Waals surface area contributed by atoms with E-state index < -0.39 is 11.9 Å². The van der Waals surface area contributed by atoms with E-state index in [4.69, 9.17) is 5.11 Å². The van der Waals surface area contributed by atoms with E-state index in [0.29, 0.717) is 11.3 Å². The van der Waals surface area contributed by atoms with E-state index in [1.807, 2.05) is 0 Å². The Kier molecular flexibility index (Phi) is 3.47. The molecule has 0 radical (unpaired) electrons. The van der Waals surface area contributed by atoms with Crippen LogP contribution in [0, 0.1) is 13.8 Å². The van der Waals surface area contributed by atoms with Crippen LogP contribution in [0.4, 0.5) is 5.69 Å². The molecule has 6 heteroatoms. The fourth-order valence-electron chi connectivity index (χ4n) is 1.85. The van der Waals surface area contributed by atoms with E-state index in [0.717, 1.165) is 0 Å². The maximum absolute atomic E-state index is 12.0. The molecule has 1 aromatic heterocycles. The number of anilines is 1. The summed E-state index contributed by atoms with van der Waals surface area (Å²) in [5.74, 6) is -1.59. The molecule has 0 unspecified atom stereocenters. The van der Waals surface area contributed by atoms with Crippen LogP contribution in [-0.2, 0) is 0 Å². The van der Waals surface area contributed by atoms with Crippen LogP contribution < -0.4 is 5.32 Å². The van der Waals surface area contributed by atoms with Crippen molar-refractivity contribution in [3.63, 3.8) is 0 Å². The Morgan fingerprint density at radius 2 is 1.95 bits per heavy atom. The first-order chi connectivity index (χ1) is 9.40. The number of aromatic amines is 1. The van der Waals surface area contributed by atoms with Gasteiger partial charge in [0.25, 0.3) is 5.91 Å². The normalized spacial score (nSPS) is 10.3. The Morgan fingerprint density at radius 3 is 2.55 bits per heavy atom. The van der Waals surface area contributed by atoms with Crippen molar-refractivity contribution in [1.29, 1.82) is 0 Å². The quantitative estimate of drug-likeness (QED) is 0.689. The van der Waals surface area contributed by atoms with Gasteiger partial charge in [-0.1, -0.05) is 6.07 Å². The van der Waals surface area contributed by atoms with Gasteiger partial charge in [0.1, 0.15) is 11.3 Å². The number of carbonyl (C=O) groups is 2. The third kappa shape index (κ3) is 2.49. The first-order valence-corrected chi connectivity index (χ1v) is 5.92. The number of rotatable bonds is 3. The van der Waals surface area contributed by atoms with Crippen molar-refractivity contribution in [3.8, 4) is 5.75 Å². The molecule has 2 aromatic rings. The molecule has 2 rings (SSSR count). The zero-order chi connectivity index (χ0) is 14.9. The van der Waals surface area contributed by atoms with Gasteiger partial charge < -0.3 is 20.5 Å². The second-order valence-corrected chi connectivity index (χ2v) is 4.46. The van der Waals surface area contributed by atoms with Crippen molar-refractivity contribution in [2.75, 3.05) is 5.32 Å². The van der Waals surface area contributed by atoms with Crippen molar-refractivity contribution < 1.29 is 19.8 Å². The number of hydrogen-bond donors (Lipinski definition) is 4. The number of hydrogen-bond acceptors (Lipinski definition) is 3. The number of aromatic hydroxyl groups is 1. The minimum absolute atomic E-state index is 0.0151. The number of aryl methyl sites for hydroxylation is 2. The molecular formula is C14H14N2O4. The van der Waals surface area contributed by atoms with E-state index in [1.54, 1.807) is 26.0 Å². The molecule has 1 amide bonds. The smallest absolute Gasteiger partial charge is 0.339 e. The summed E-state index contributed by atoms with van der Waals surface area (Å²) in [6, 6.07) is 4.51. The molecule has 0 aliphatic heterocycles. The summed E-state index contributed by atoms with van der Waals surface area (Å²) in [6.45, 7) is 3.33. The highest BCUT2D eigenvalue weighted by atomic mass is 16.4. The maximum atomic E-state index is 12.0. The van der Waals surface area contributed by atoms with E-state index in [-0.39, 0.29) is 22.6 Å². The van der Waals surface area contributed by atoms with Crippen LogP contribution in [0.3, 0.4) is 0 Å². The second-order valence-electron chi connectivity index (χ2n) is 4.46. The number of nitrogens with one attached hydrogen (secondary N) is 2. The molecule has 0 spiro atoms. The van der Waals surface area contributed by atoms with Gasteiger partial charge in [-0.3, -0.25) is 4.79 Å². The third-order valence-corrected chi connectivity index (χ3v) is 3.01. The van der Waals surface area contributed by atoms with Crippen molar-refractivity contribution in [1.82, 2.24) is 4.98 Å². The molecule has 6 nitrogen and oxygen atoms in total. The molecule has 104 valence electrons. The van der Waals surface area contributed by atoms with Crippen LogP contribution in [0.2, 0.25) is 0 Å². The first kappa shape index (κ1) is 13.7. The SMILES string of the molecule is Cc1ccc(C(=O)Nc2c[nH]c(C)c2C(=O)O)cc1O. The van der Waals surface area contributed by atoms with Crippen LogP contribution in [0.15, 0.2) is 24.4 Å². The average Bonchev–Trinajstić information content (AvgIpc) is 2.73. The maximum Gasteiger partial charge on any atom is 0.339 e. The van der Waals surface area contributed by atoms with Gasteiger partial charge in [-0.25, -0.2) is 4.79 Å². The Morgan fingerprint density at radius 1 is 1.25 bits per heavy atom. The molecule has 0 atom stereocenters. The highest BCUT2D eigenvalue weighted by molar-refractivity contribution is 6.08. The summed E-state index contributed by atoms with van der Waals surface area (Å²) >= 11 is 0.